The maximum atomic E-state index is 11.9. The van der Waals surface area contributed by atoms with Crippen molar-refractivity contribution in [3.05, 3.63) is 155 Å². The van der Waals surface area contributed by atoms with E-state index in [1.54, 1.807) is 100 Å². The number of fused-ring (bicyclic) bond motifs is 2. The number of carboxylic acid groups (broad SMARTS) is 1. The molecular weight excluding hydrogens is 927 g/mol. The molecule has 8 rings (SSSR count). The lowest BCUT2D eigenvalue weighted by atomic mass is 10.1. The topological polar surface area (TPSA) is 173 Å². The SMILES string of the molecule is C.C.C.CCOC(=O)C(Br)c1cccc(Cl)c1.COc1ccc(O)c(-n2nc3ccccc3n2)c1.COc1ccc(OC(C(=O)O)c2cccc(Cl)c2)c(-n2nc3ccccc3n2)c1. The lowest BCUT2D eigenvalue weighted by molar-refractivity contribution is -0.145. The highest BCUT2D eigenvalue weighted by atomic mass is 79.9. The van der Waals surface area contributed by atoms with Gasteiger partial charge in [-0.15, -0.1) is 30.0 Å². The number of aromatic hydroxyl groups is 1. The third-order valence-electron chi connectivity index (χ3n) is 8.61. The van der Waals surface area contributed by atoms with E-state index >= 15 is 0 Å². The zero-order chi connectivity index (χ0) is 43.5. The summed E-state index contributed by atoms with van der Waals surface area (Å²) < 4.78 is 21.2. The zero-order valence-electron chi connectivity index (χ0n) is 32.7. The van der Waals surface area contributed by atoms with E-state index in [0.29, 0.717) is 61.9 Å². The molecule has 2 unspecified atom stereocenters. The van der Waals surface area contributed by atoms with E-state index in [1.165, 1.54) is 9.59 Å². The number of halogens is 3. The molecule has 64 heavy (non-hydrogen) atoms. The lowest BCUT2D eigenvalue weighted by Gasteiger charge is -2.18. The first-order chi connectivity index (χ1) is 29.5. The monoisotopic (exact) mass is 974 g/mol. The van der Waals surface area contributed by atoms with Gasteiger partial charge in [0.2, 0.25) is 6.10 Å². The molecule has 14 nitrogen and oxygen atoms in total. The number of carbonyl (C=O) groups excluding carboxylic acids is 1. The van der Waals surface area contributed by atoms with Crippen LogP contribution in [0.4, 0.5) is 0 Å². The minimum Gasteiger partial charge on any atom is -0.506 e. The van der Waals surface area contributed by atoms with E-state index < -0.39 is 16.9 Å². The van der Waals surface area contributed by atoms with E-state index in [1.807, 2.05) is 54.6 Å². The van der Waals surface area contributed by atoms with Crippen LogP contribution in [-0.4, -0.2) is 73.0 Å². The Morgan fingerprint density at radius 2 is 1.09 bits per heavy atom. The van der Waals surface area contributed by atoms with Crippen LogP contribution in [0.5, 0.6) is 23.0 Å². The number of phenolic OH excluding ortho intramolecular Hbond substituents is 1. The van der Waals surface area contributed by atoms with Gasteiger partial charge in [0, 0.05) is 27.7 Å². The van der Waals surface area contributed by atoms with Crippen molar-refractivity contribution in [3.63, 3.8) is 0 Å². The molecule has 0 bridgehead atoms. The van der Waals surface area contributed by atoms with Gasteiger partial charge in [0.1, 0.15) is 61.3 Å². The van der Waals surface area contributed by atoms with Crippen molar-refractivity contribution in [2.24, 2.45) is 0 Å². The Morgan fingerprint density at radius 1 is 0.641 bits per heavy atom. The largest absolute Gasteiger partial charge is 0.506 e. The second-order valence-corrected chi connectivity index (χ2v) is 14.5. The molecule has 0 aliphatic rings. The summed E-state index contributed by atoms with van der Waals surface area (Å²) >= 11 is 15.1. The van der Waals surface area contributed by atoms with Gasteiger partial charge in [0.05, 0.1) is 20.8 Å². The summed E-state index contributed by atoms with van der Waals surface area (Å²) in [5.41, 5.74) is 5.12. The van der Waals surface area contributed by atoms with Crippen LogP contribution < -0.4 is 14.2 Å². The normalized spacial score (nSPS) is 11.1. The lowest BCUT2D eigenvalue weighted by Crippen LogP contribution is -2.19. The molecule has 336 valence electrons. The molecule has 2 N–H and O–H groups in total. The van der Waals surface area contributed by atoms with Gasteiger partial charge in [0.25, 0.3) is 0 Å². The molecule has 17 heteroatoms. The number of alkyl halides is 1. The molecule has 8 aromatic rings. The summed E-state index contributed by atoms with van der Waals surface area (Å²) in [5.74, 6) is 0.157. The molecule has 2 heterocycles. The van der Waals surface area contributed by atoms with Crippen molar-refractivity contribution in [1.82, 2.24) is 30.0 Å². The van der Waals surface area contributed by atoms with Crippen molar-refractivity contribution in [2.45, 2.75) is 40.1 Å². The van der Waals surface area contributed by atoms with Crippen LogP contribution >= 0.6 is 39.1 Å². The molecule has 0 fully saturated rings. The van der Waals surface area contributed by atoms with Crippen molar-refractivity contribution in [1.29, 1.82) is 0 Å². The standard InChI is InChI=1S/C21H16ClN3O4.C13H11N3O2.C10H10BrClO2.3CH4/c1-28-15-9-10-19(29-20(21(26)27)13-5-4-6-14(22)11-13)18(12-15)25-23-16-7-2-3-8-17(16)24-25;1-18-9-6-7-13(17)12(8-9)16-14-10-4-2-3-5-11(10)15-16;1-2-14-10(13)9(11)7-4-3-5-8(12)6-7;;;/h2-12,20H,1H3,(H,26,27);2-8,17H,1H3;3-6,9H,2H2,1H3;3*1H4. The van der Waals surface area contributed by atoms with E-state index in [4.69, 9.17) is 42.1 Å². The summed E-state index contributed by atoms with van der Waals surface area (Å²) in [6.45, 7) is 2.15. The number of aliphatic carboxylic acids is 1. The number of phenols is 1. The van der Waals surface area contributed by atoms with Crippen LogP contribution in [-0.2, 0) is 14.3 Å². The van der Waals surface area contributed by atoms with Gasteiger partial charge >= 0.3 is 11.9 Å². The van der Waals surface area contributed by atoms with E-state index in [0.717, 1.165) is 16.6 Å². The average molecular weight is 977 g/mol. The summed E-state index contributed by atoms with van der Waals surface area (Å²) in [4.78, 5) is 25.6. The molecule has 2 aromatic heterocycles. The molecule has 0 saturated heterocycles. The van der Waals surface area contributed by atoms with Gasteiger partial charge < -0.3 is 29.2 Å². The quantitative estimate of drug-likeness (QED) is 0.0929. The number of hydrogen-bond acceptors (Lipinski definition) is 11. The highest BCUT2D eigenvalue weighted by Gasteiger charge is 2.25. The third-order valence-corrected chi connectivity index (χ3v) is 9.98. The fourth-order valence-corrected chi connectivity index (χ4v) is 6.49. The molecule has 0 saturated carbocycles. The van der Waals surface area contributed by atoms with E-state index in [9.17, 15) is 19.8 Å². The molecular formula is C47H49BrCl2N6O8. The second-order valence-electron chi connectivity index (χ2n) is 12.7. The summed E-state index contributed by atoms with van der Waals surface area (Å²) in [7, 11) is 3.11. The van der Waals surface area contributed by atoms with E-state index in [-0.39, 0.29) is 34.0 Å². The van der Waals surface area contributed by atoms with E-state index in [2.05, 4.69) is 36.3 Å². The van der Waals surface area contributed by atoms with Crippen LogP contribution in [0.25, 0.3) is 33.4 Å². The fourth-order valence-electron chi connectivity index (χ4n) is 5.68. The van der Waals surface area contributed by atoms with Gasteiger partial charge in [-0.3, -0.25) is 4.79 Å². The Balaban J connectivity index is 0.000000269. The first kappa shape index (κ1) is 51.7. The van der Waals surface area contributed by atoms with Gasteiger partial charge in [-0.2, -0.15) is 0 Å². The number of nitrogens with zero attached hydrogens (tertiary/aromatic N) is 6. The Kier molecular flexibility index (Phi) is 19.6. The number of carboxylic acids is 1. The Morgan fingerprint density at radius 3 is 1.56 bits per heavy atom. The minimum atomic E-state index is -1.26. The molecule has 2 atom stereocenters. The Bertz CT molecular complexity index is 2720. The van der Waals surface area contributed by atoms with Crippen molar-refractivity contribution in [2.75, 3.05) is 20.8 Å². The molecule has 0 amide bonds. The number of methoxy groups -OCH3 is 2. The van der Waals surface area contributed by atoms with Gasteiger partial charge in [-0.25, -0.2) is 4.79 Å². The number of hydrogen-bond donors (Lipinski definition) is 2. The highest BCUT2D eigenvalue weighted by molar-refractivity contribution is 9.09. The van der Waals surface area contributed by atoms with Crippen LogP contribution in [0.15, 0.2) is 133 Å². The second kappa shape index (κ2) is 24.2. The van der Waals surface area contributed by atoms with Crippen LogP contribution in [0.3, 0.4) is 0 Å². The molecule has 0 aliphatic carbocycles. The zero-order valence-corrected chi connectivity index (χ0v) is 35.8. The fraction of sp³-hybridized carbons (Fsp3) is 0.191. The number of benzene rings is 6. The van der Waals surface area contributed by atoms with Crippen LogP contribution in [0.2, 0.25) is 10.0 Å². The Labute approximate surface area is 390 Å². The summed E-state index contributed by atoms with van der Waals surface area (Å²) in [6, 6.07) is 38.5. The first-order valence-corrected chi connectivity index (χ1v) is 20.1. The third kappa shape index (κ3) is 12.9. The predicted molar refractivity (Wildman–Crippen MR) is 255 cm³/mol. The molecule has 6 aromatic carbocycles. The first-order valence-electron chi connectivity index (χ1n) is 18.4. The molecule has 0 aliphatic heterocycles. The molecule has 0 spiro atoms. The number of esters is 1. The molecule has 0 radical (unpaired) electrons. The van der Waals surface area contributed by atoms with Crippen LogP contribution in [0, 0.1) is 0 Å². The van der Waals surface area contributed by atoms with Crippen molar-refractivity contribution < 1.29 is 38.7 Å². The minimum absolute atomic E-state index is 0. The average Bonchev–Trinajstić information content (AvgIpc) is 3.91. The predicted octanol–water partition coefficient (Wildman–Crippen LogP) is 11.7. The highest BCUT2D eigenvalue weighted by Crippen LogP contribution is 2.33. The summed E-state index contributed by atoms with van der Waals surface area (Å²) in [5, 5.41) is 38.1. The van der Waals surface area contributed by atoms with Crippen molar-refractivity contribution in [3.8, 4) is 34.4 Å². The van der Waals surface area contributed by atoms with Gasteiger partial charge in [0.15, 0.2) is 0 Å². The number of carbonyl (C=O) groups is 2. The van der Waals surface area contributed by atoms with Gasteiger partial charge in [-0.05, 0) is 85.3 Å². The maximum Gasteiger partial charge on any atom is 0.349 e. The number of rotatable bonds is 11. The van der Waals surface area contributed by atoms with Gasteiger partial charge in [-0.1, -0.05) is 110 Å². The number of ether oxygens (including phenoxy) is 4. The summed E-state index contributed by atoms with van der Waals surface area (Å²) in [6.07, 6.45) is -1.26. The number of aromatic nitrogens is 6. The van der Waals surface area contributed by atoms with Crippen LogP contribution in [0.1, 0.15) is 51.3 Å². The smallest absolute Gasteiger partial charge is 0.349 e. The van der Waals surface area contributed by atoms with Crippen molar-refractivity contribution >= 4 is 73.1 Å². The Hall–Kier alpha value is -6.68. The maximum absolute atomic E-state index is 11.9.